The summed E-state index contributed by atoms with van der Waals surface area (Å²) in [6, 6.07) is 24.4. The number of hydrogen-bond donors (Lipinski definition) is 1. The lowest BCUT2D eigenvalue weighted by atomic mass is 9.94. The molecule has 0 saturated heterocycles. The van der Waals surface area contributed by atoms with Crippen LogP contribution in [0, 0.1) is 5.92 Å². The molecule has 3 aromatic carbocycles. The van der Waals surface area contributed by atoms with Gasteiger partial charge in [-0.25, -0.2) is 0 Å². The quantitative estimate of drug-likeness (QED) is 0.577. The van der Waals surface area contributed by atoms with Crippen LogP contribution in [0.3, 0.4) is 0 Å². The second kappa shape index (κ2) is 11.5. The lowest BCUT2D eigenvalue weighted by Crippen LogP contribution is -2.47. The van der Waals surface area contributed by atoms with Crippen molar-refractivity contribution >= 4 is 11.8 Å². The number of nitrogens with zero attached hydrogens (tertiary/aromatic N) is 2. The lowest BCUT2D eigenvalue weighted by Gasteiger charge is -2.35. The minimum Gasteiger partial charge on any atom is -0.394 e. The maximum atomic E-state index is 13.9. The molecule has 1 aliphatic heterocycles. The van der Waals surface area contributed by atoms with Gasteiger partial charge in [-0.3, -0.25) is 9.59 Å². The Morgan fingerprint density at radius 3 is 2.31 bits per heavy atom. The van der Waals surface area contributed by atoms with Crippen molar-refractivity contribution in [2.24, 2.45) is 5.92 Å². The first-order chi connectivity index (χ1) is 17.4. The van der Waals surface area contributed by atoms with Gasteiger partial charge in [0.15, 0.2) is 0 Å². The van der Waals surface area contributed by atoms with Gasteiger partial charge in [-0.05, 0) is 41.8 Å². The molecule has 0 aromatic heterocycles. The summed E-state index contributed by atoms with van der Waals surface area (Å²) in [6.07, 6.45) is -0.321. The minimum atomic E-state index is -0.367. The number of benzene rings is 3. The third-order valence-corrected chi connectivity index (χ3v) is 6.92. The third kappa shape index (κ3) is 5.50. The molecule has 2 amide bonds. The van der Waals surface area contributed by atoms with E-state index in [0.717, 1.165) is 16.7 Å². The Kier molecular flexibility index (Phi) is 8.18. The molecule has 3 atom stereocenters. The van der Waals surface area contributed by atoms with Crippen molar-refractivity contribution in [3.05, 3.63) is 95.6 Å². The van der Waals surface area contributed by atoms with Gasteiger partial charge in [-0.15, -0.1) is 0 Å². The Hall–Kier alpha value is -3.48. The highest BCUT2D eigenvalue weighted by Crippen LogP contribution is 2.31. The molecule has 0 aliphatic carbocycles. The maximum absolute atomic E-state index is 13.9. The second-order valence-corrected chi connectivity index (χ2v) is 9.57. The van der Waals surface area contributed by atoms with Crippen molar-refractivity contribution in [3.8, 4) is 11.1 Å². The van der Waals surface area contributed by atoms with Crippen molar-refractivity contribution in [1.82, 2.24) is 9.80 Å². The van der Waals surface area contributed by atoms with E-state index in [-0.39, 0.29) is 36.5 Å². The lowest BCUT2D eigenvalue weighted by molar-refractivity contribution is -0.0209. The van der Waals surface area contributed by atoms with Crippen molar-refractivity contribution in [2.75, 3.05) is 26.7 Å². The largest absolute Gasteiger partial charge is 0.394 e. The topological polar surface area (TPSA) is 70.1 Å². The summed E-state index contributed by atoms with van der Waals surface area (Å²) in [7, 11) is 1.78. The average molecular weight is 487 g/mol. The van der Waals surface area contributed by atoms with Gasteiger partial charge in [0, 0.05) is 37.2 Å². The molecule has 4 rings (SSSR count). The highest BCUT2D eigenvalue weighted by atomic mass is 16.5. The van der Waals surface area contributed by atoms with E-state index in [4.69, 9.17) is 4.74 Å². The first-order valence-electron chi connectivity index (χ1n) is 12.4. The first kappa shape index (κ1) is 25.6. The summed E-state index contributed by atoms with van der Waals surface area (Å²) in [5, 5.41) is 9.97. The molecule has 0 saturated carbocycles. The number of aliphatic hydroxyl groups excluding tert-OH is 1. The number of carbonyl (C=O) groups is 2. The van der Waals surface area contributed by atoms with Crippen LogP contribution in [0.15, 0.2) is 78.9 Å². The number of likely N-dealkylation sites (N-methyl/N-ethyl adjacent to an activating group) is 1. The van der Waals surface area contributed by atoms with E-state index < -0.39 is 0 Å². The van der Waals surface area contributed by atoms with Crippen molar-refractivity contribution in [1.29, 1.82) is 0 Å². The zero-order valence-corrected chi connectivity index (χ0v) is 21.1. The zero-order chi connectivity index (χ0) is 25.7. The number of fused-ring (bicyclic) bond motifs is 3. The van der Waals surface area contributed by atoms with E-state index in [0.29, 0.717) is 30.8 Å². The predicted octanol–water partition coefficient (Wildman–Crippen LogP) is 4.48. The normalized spacial score (nSPS) is 19.0. The molecule has 1 heterocycles. The van der Waals surface area contributed by atoms with Crippen LogP contribution in [0.25, 0.3) is 11.1 Å². The van der Waals surface area contributed by atoms with Crippen LogP contribution < -0.4 is 0 Å². The molecule has 3 aromatic rings. The minimum absolute atomic E-state index is 0.0785. The van der Waals surface area contributed by atoms with Gasteiger partial charge in [0.2, 0.25) is 0 Å². The standard InChI is InChI=1S/C30H34N2O4/c1-21-17-32(22(2)19-33)30(35)27-16-10-9-15-26(27)25-14-8-7-13-24(25)20-36-28(21)18-31(3)29(34)23-11-5-4-6-12-23/h4-16,21-22,28,33H,17-20H2,1-3H3/t21-,22+,28-/m1/s1. The fourth-order valence-electron chi connectivity index (χ4n) is 4.71. The van der Waals surface area contributed by atoms with Gasteiger partial charge in [0.1, 0.15) is 0 Å². The van der Waals surface area contributed by atoms with E-state index in [1.165, 1.54) is 0 Å². The fourth-order valence-corrected chi connectivity index (χ4v) is 4.71. The number of ether oxygens (including phenoxy) is 1. The van der Waals surface area contributed by atoms with Crippen LogP contribution in [0.2, 0.25) is 0 Å². The van der Waals surface area contributed by atoms with Crippen LogP contribution >= 0.6 is 0 Å². The molecule has 36 heavy (non-hydrogen) atoms. The first-order valence-corrected chi connectivity index (χ1v) is 12.4. The van der Waals surface area contributed by atoms with Gasteiger partial charge in [0.05, 0.1) is 25.4 Å². The Balaban J connectivity index is 1.71. The van der Waals surface area contributed by atoms with Crippen LogP contribution in [0.4, 0.5) is 0 Å². The molecule has 6 nitrogen and oxygen atoms in total. The molecular weight excluding hydrogens is 452 g/mol. The zero-order valence-electron chi connectivity index (χ0n) is 21.1. The van der Waals surface area contributed by atoms with Crippen LogP contribution in [0.1, 0.15) is 40.1 Å². The number of hydrogen-bond acceptors (Lipinski definition) is 4. The third-order valence-electron chi connectivity index (χ3n) is 6.92. The monoisotopic (exact) mass is 486 g/mol. The molecule has 0 spiro atoms. The second-order valence-electron chi connectivity index (χ2n) is 9.57. The summed E-state index contributed by atoms with van der Waals surface area (Å²) in [6.45, 7) is 4.86. The Bertz CT molecular complexity index is 1200. The van der Waals surface area contributed by atoms with Crippen LogP contribution in [0.5, 0.6) is 0 Å². The molecule has 1 aliphatic rings. The molecule has 0 radical (unpaired) electrons. The fraction of sp³-hybridized carbons (Fsp3) is 0.333. The summed E-state index contributed by atoms with van der Waals surface area (Å²) < 4.78 is 6.49. The molecule has 0 unspecified atom stereocenters. The van der Waals surface area contributed by atoms with Crippen molar-refractivity contribution in [2.45, 2.75) is 32.6 Å². The van der Waals surface area contributed by atoms with Gasteiger partial charge >= 0.3 is 0 Å². The van der Waals surface area contributed by atoms with E-state index in [2.05, 4.69) is 0 Å². The number of aliphatic hydroxyl groups is 1. The van der Waals surface area contributed by atoms with Gasteiger partial charge in [-0.2, -0.15) is 0 Å². The van der Waals surface area contributed by atoms with E-state index in [9.17, 15) is 14.7 Å². The summed E-state index contributed by atoms with van der Waals surface area (Å²) >= 11 is 0. The van der Waals surface area contributed by atoms with Gasteiger partial charge < -0.3 is 19.6 Å². The van der Waals surface area contributed by atoms with E-state index in [1.807, 2.05) is 80.6 Å². The molecule has 0 fully saturated rings. The van der Waals surface area contributed by atoms with Crippen LogP contribution in [-0.2, 0) is 11.3 Å². The summed E-state index contributed by atoms with van der Waals surface area (Å²) in [4.78, 5) is 30.3. The van der Waals surface area contributed by atoms with E-state index >= 15 is 0 Å². The smallest absolute Gasteiger partial charge is 0.254 e. The SMILES string of the molecule is C[C@@H]1CN([C@@H](C)CO)C(=O)c2ccccc2-c2ccccc2CO[C@@H]1CN(C)C(=O)c1ccccc1. The van der Waals surface area contributed by atoms with Crippen molar-refractivity contribution in [3.63, 3.8) is 0 Å². The highest BCUT2D eigenvalue weighted by molar-refractivity contribution is 6.01. The predicted molar refractivity (Wildman–Crippen MR) is 141 cm³/mol. The Labute approximate surface area is 213 Å². The van der Waals surface area contributed by atoms with E-state index in [1.54, 1.807) is 29.0 Å². The summed E-state index contributed by atoms with van der Waals surface area (Å²) in [5.74, 6) is -0.292. The number of rotatable bonds is 5. The van der Waals surface area contributed by atoms with Crippen molar-refractivity contribution < 1.29 is 19.4 Å². The Morgan fingerprint density at radius 1 is 1.00 bits per heavy atom. The average Bonchev–Trinajstić information content (AvgIpc) is 2.94. The highest BCUT2D eigenvalue weighted by Gasteiger charge is 2.31. The molecule has 6 heteroatoms. The number of carbonyl (C=O) groups excluding carboxylic acids is 2. The molecular formula is C30H34N2O4. The van der Waals surface area contributed by atoms with Crippen LogP contribution in [-0.4, -0.2) is 65.6 Å². The Morgan fingerprint density at radius 2 is 1.61 bits per heavy atom. The molecule has 1 N–H and O–H groups in total. The van der Waals surface area contributed by atoms with Gasteiger partial charge in [-0.1, -0.05) is 67.6 Å². The maximum Gasteiger partial charge on any atom is 0.254 e. The van der Waals surface area contributed by atoms with Gasteiger partial charge in [0.25, 0.3) is 11.8 Å². The summed E-state index contributed by atoms with van der Waals surface area (Å²) in [5.41, 5.74) is 4.00. The molecule has 188 valence electrons. The number of amides is 2. The molecule has 0 bridgehead atoms.